The van der Waals surface area contributed by atoms with Gasteiger partial charge >= 0.3 is 6.18 Å². The van der Waals surface area contributed by atoms with Gasteiger partial charge < -0.3 is 10.1 Å². The maximum Gasteiger partial charge on any atom is 0.393 e. The molecule has 1 unspecified atom stereocenters. The van der Waals surface area contributed by atoms with E-state index in [2.05, 4.69) is 5.32 Å². The molecule has 128 valence electrons. The molecule has 1 fully saturated rings. The number of piperidine rings is 1. The van der Waals surface area contributed by atoms with Crippen molar-refractivity contribution in [3.05, 3.63) is 29.8 Å². The van der Waals surface area contributed by atoms with Crippen molar-refractivity contribution in [3.63, 3.8) is 0 Å². The first-order valence-electron chi connectivity index (χ1n) is 7.58. The van der Waals surface area contributed by atoms with Gasteiger partial charge in [0.1, 0.15) is 5.75 Å². The third kappa shape index (κ3) is 5.13. The number of carbonyl (C=O) groups excluding carboxylic acids is 1. The molecule has 23 heavy (non-hydrogen) atoms. The number of carbonyl (C=O) groups is 1. The van der Waals surface area contributed by atoms with Crippen LogP contribution in [0.1, 0.15) is 18.4 Å². The molecular formula is C16H21F3N2O2. The summed E-state index contributed by atoms with van der Waals surface area (Å²) in [6.45, 7) is 0.696. The zero-order valence-electron chi connectivity index (χ0n) is 13.0. The number of halogens is 3. The van der Waals surface area contributed by atoms with Crippen LogP contribution in [0.15, 0.2) is 24.3 Å². The number of ether oxygens (including phenoxy) is 1. The summed E-state index contributed by atoms with van der Waals surface area (Å²) in [5, 5.41) is 2.73. The molecule has 1 saturated heterocycles. The standard InChI is InChI=1S/C16H21F3N2O2/c1-23-14-7-3-2-5-12(14)9-20-15(22)11-21-8-4-6-13(10-21)16(17,18)19/h2-3,5,7,13H,4,6,8-11H2,1H3,(H,20,22). The molecule has 1 aromatic carbocycles. The number of nitrogens with zero attached hydrogens (tertiary/aromatic N) is 1. The van der Waals surface area contributed by atoms with E-state index in [4.69, 9.17) is 4.74 Å². The molecule has 0 aliphatic carbocycles. The summed E-state index contributed by atoms with van der Waals surface area (Å²) in [7, 11) is 1.55. The fraction of sp³-hybridized carbons (Fsp3) is 0.562. The molecule has 1 aliphatic rings. The van der Waals surface area contributed by atoms with Crippen LogP contribution in [0.2, 0.25) is 0 Å². The van der Waals surface area contributed by atoms with Gasteiger partial charge in [-0.3, -0.25) is 9.69 Å². The zero-order chi connectivity index (χ0) is 16.9. The van der Waals surface area contributed by atoms with E-state index < -0.39 is 12.1 Å². The number of amides is 1. The zero-order valence-corrected chi connectivity index (χ0v) is 13.0. The van der Waals surface area contributed by atoms with Gasteiger partial charge in [-0.2, -0.15) is 13.2 Å². The van der Waals surface area contributed by atoms with Crippen molar-refractivity contribution >= 4 is 5.91 Å². The number of alkyl halides is 3. The highest BCUT2D eigenvalue weighted by Gasteiger charge is 2.41. The Morgan fingerprint density at radius 1 is 1.39 bits per heavy atom. The molecule has 4 nitrogen and oxygen atoms in total. The normalized spacial score (nSPS) is 19.4. The first kappa shape index (κ1) is 17.6. The number of methoxy groups -OCH3 is 1. The Balaban J connectivity index is 1.83. The maximum absolute atomic E-state index is 12.8. The lowest BCUT2D eigenvalue weighted by molar-refractivity contribution is -0.187. The summed E-state index contributed by atoms with van der Waals surface area (Å²) in [4.78, 5) is 13.5. The van der Waals surface area contributed by atoms with Crippen molar-refractivity contribution < 1.29 is 22.7 Å². The molecule has 7 heteroatoms. The van der Waals surface area contributed by atoms with Crippen LogP contribution in [0.3, 0.4) is 0 Å². The average Bonchev–Trinajstić information content (AvgIpc) is 2.52. The summed E-state index contributed by atoms with van der Waals surface area (Å²) < 4.78 is 43.5. The lowest BCUT2D eigenvalue weighted by Crippen LogP contribution is -2.45. The summed E-state index contributed by atoms with van der Waals surface area (Å²) in [6.07, 6.45) is -3.58. The number of benzene rings is 1. The second-order valence-electron chi connectivity index (χ2n) is 5.70. The van der Waals surface area contributed by atoms with E-state index >= 15 is 0 Å². The van der Waals surface area contributed by atoms with E-state index in [1.54, 1.807) is 18.1 Å². The van der Waals surface area contributed by atoms with Crippen LogP contribution in [-0.2, 0) is 11.3 Å². The van der Waals surface area contributed by atoms with E-state index in [1.165, 1.54) is 0 Å². The highest BCUT2D eigenvalue weighted by atomic mass is 19.4. The van der Waals surface area contributed by atoms with Gasteiger partial charge in [-0.25, -0.2) is 0 Å². The van der Waals surface area contributed by atoms with E-state index in [1.807, 2.05) is 18.2 Å². The number of nitrogens with one attached hydrogen (secondary N) is 1. The van der Waals surface area contributed by atoms with Gasteiger partial charge in [0.05, 0.1) is 19.6 Å². The maximum atomic E-state index is 12.8. The molecule has 1 amide bonds. The number of rotatable bonds is 5. The van der Waals surface area contributed by atoms with Crippen LogP contribution in [0.4, 0.5) is 13.2 Å². The van der Waals surface area contributed by atoms with Gasteiger partial charge in [0.15, 0.2) is 0 Å². The smallest absolute Gasteiger partial charge is 0.393 e. The summed E-state index contributed by atoms with van der Waals surface area (Å²) in [5.41, 5.74) is 0.829. The lowest BCUT2D eigenvalue weighted by Gasteiger charge is -2.33. The Labute approximate surface area is 133 Å². The predicted molar refractivity (Wildman–Crippen MR) is 80.1 cm³/mol. The van der Waals surface area contributed by atoms with Crippen LogP contribution in [0, 0.1) is 5.92 Å². The molecular weight excluding hydrogens is 309 g/mol. The summed E-state index contributed by atoms with van der Waals surface area (Å²) >= 11 is 0. The summed E-state index contributed by atoms with van der Waals surface area (Å²) in [5.74, 6) is -0.945. The highest BCUT2D eigenvalue weighted by Crippen LogP contribution is 2.32. The molecule has 1 atom stereocenters. The van der Waals surface area contributed by atoms with Crippen LogP contribution in [-0.4, -0.2) is 43.7 Å². The molecule has 0 aromatic heterocycles. The van der Waals surface area contributed by atoms with Gasteiger partial charge in [-0.05, 0) is 25.5 Å². The first-order valence-corrected chi connectivity index (χ1v) is 7.58. The van der Waals surface area contributed by atoms with Gasteiger partial charge in [0.25, 0.3) is 0 Å². The largest absolute Gasteiger partial charge is 0.496 e. The van der Waals surface area contributed by atoms with Crippen molar-refractivity contribution in [3.8, 4) is 5.75 Å². The second kappa shape index (κ2) is 7.68. The third-order valence-electron chi connectivity index (χ3n) is 4.00. The quantitative estimate of drug-likeness (QED) is 0.902. The number of hydrogen-bond donors (Lipinski definition) is 1. The minimum absolute atomic E-state index is 0.0122. The fourth-order valence-corrected chi connectivity index (χ4v) is 2.77. The molecule has 0 radical (unpaired) electrons. The van der Waals surface area contributed by atoms with E-state index in [9.17, 15) is 18.0 Å². The molecule has 1 aromatic rings. The van der Waals surface area contributed by atoms with Crippen molar-refractivity contribution in [1.82, 2.24) is 10.2 Å². The molecule has 1 N–H and O–H groups in total. The lowest BCUT2D eigenvalue weighted by atomic mass is 9.97. The minimum Gasteiger partial charge on any atom is -0.496 e. The molecule has 0 bridgehead atoms. The molecule has 2 rings (SSSR count). The number of likely N-dealkylation sites (tertiary alicyclic amines) is 1. The Hall–Kier alpha value is -1.76. The molecule has 1 heterocycles. The molecule has 0 spiro atoms. The summed E-state index contributed by atoms with van der Waals surface area (Å²) in [6, 6.07) is 7.29. The van der Waals surface area contributed by atoms with Crippen LogP contribution in [0.25, 0.3) is 0 Å². The van der Waals surface area contributed by atoms with Gasteiger partial charge in [0, 0.05) is 18.7 Å². The van der Waals surface area contributed by atoms with Crippen LogP contribution >= 0.6 is 0 Å². The number of hydrogen-bond acceptors (Lipinski definition) is 3. The third-order valence-corrected chi connectivity index (χ3v) is 4.00. The van der Waals surface area contributed by atoms with Crippen molar-refractivity contribution in [1.29, 1.82) is 0 Å². The van der Waals surface area contributed by atoms with Crippen molar-refractivity contribution in [2.24, 2.45) is 5.92 Å². The monoisotopic (exact) mass is 330 g/mol. The SMILES string of the molecule is COc1ccccc1CNC(=O)CN1CCCC(C(F)(F)F)C1. The van der Waals surface area contributed by atoms with Crippen LogP contribution < -0.4 is 10.1 Å². The average molecular weight is 330 g/mol. The van der Waals surface area contributed by atoms with E-state index in [0.717, 1.165) is 5.56 Å². The van der Waals surface area contributed by atoms with Crippen molar-refractivity contribution in [2.45, 2.75) is 25.6 Å². The first-order chi connectivity index (χ1) is 10.9. The van der Waals surface area contributed by atoms with E-state index in [-0.39, 0.29) is 25.4 Å². The van der Waals surface area contributed by atoms with Gasteiger partial charge in [0.2, 0.25) is 5.91 Å². The highest BCUT2D eigenvalue weighted by molar-refractivity contribution is 5.78. The predicted octanol–water partition coefficient (Wildman–Crippen LogP) is 2.59. The van der Waals surface area contributed by atoms with Crippen molar-refractivity contribution in [2.75, 3.05) is 26.7 Å². The Morgan fingerprint density at radius 2 is 2.13 bits per heavy atom. The molecule has 1 aliphatic heterocycles. The topological polar surface area (TPSA) is 41.6 Å². The minimum atomic E-state index is -4.19. The second-order valence-corrected chi connectivity index (χ2v) is 5.70. The van der Waals surface area contributed by atoms with Gasteiger partial charge in [-0.15, -0.1) is 0 Å². The Bertz CT molecular complexity index is 534. The Kier molecular flexibility index (Phi) is 5.87. The fourth-order valence-electron chi connectivity index (χ4n) is 2.77. The Morgan fingerprint density at radius 3 is 2.83 bits per heavy atom. The van der Waals surface area contributed by atoms with Crippen LogP contribution in [0.5, 0.6) is 5.75 Å². The van der Waals surface area contributed by atoms with E-state index in [0.29, 0.717) is 25.3 Å². The number of para-hydroxylation sites is 1. The van der Waals surface area contributed by atoms with Gasteiger partial charge in [-0.1, -0.05) is 18.2 Å². The molecule has 0 saturated carbocycles.